The summed E-state index contributed by atoms with van der Waals surface area (Å²) in [5, 5.41) is 8.37. The van der Waals surface area contributed by atoms with Crippen LogP contribution in [0, 0.1) is 5.92 Å². The molecule has 104 valence electrons. The first-order valence-corrected chi connectivity index (χ1v) is 6.38. The summed E-state index contributed by atoms with van der Waals surface area (Å²) in [6.45, 7) is 3.78. The van der Waals surface area contributed by atoms with Crippen LogP contribution in [0.5, 0.6) is 0 Å². The van der Waals surface area contributed by atoms with Crippen LogP contribution < -0.4 is 5.73 Å². The zero-order valence-electron chi connectivity index (χ0n) is 11.6. The lowest BCUT2D eigenvalue weighted by Gasteiger charge is -2.02. The Hall–Kier alpha value is -2.04. The number of anilines is 1. The Balaban J connectivity index is 0.000000203. The van der Waals surface area contributed by atoms with E-state index in [4.69, 9.17) is 10.8 Å². The molecule has 0 bridgehead atoms. The maximum atomic E-state index is 10.2. The number of hydrogen-bond donors (Lipinski definition) is 2. The molecule has 1 aromatic heterocycles. The Morgan fingerprint density at radius 3 is 2.53 bits per heavy atom. The van der Waals surface area contributed by atoms with Gasteiger partial charge in [0.2, 0.25) is 0 Å². The van der Waals surface area contributed by atoms with Gasteiger partial charge in [0.25, 0.3) is 0 Å². The summed E-state index contributed by atoms with van der Waals surface area (Å²) in [6.07, 6.45) is 3.27. The average molecular weight is 263 g/mol. The number of carboxylic acid groups (broad SMARTS) is 1. The minimum absolute atomic E-state index is 0.130. The van der Waals surface area contributed by atoms with E-state index in [-0.39, 0.29) is 5.92 Å². The highest BCUT2D eigenvalue weighted by atomic mass is 16.4. The molecular weight excluding hydrogens is 242 g/mol. The largest absolute Gasteiger partial charge is 0.481 e. The summed E-state index contributed by atoms with van der Waals surface area (Å²) in [6, 6.07) is 5.72. The van der Waals surface area contributed by atoms with E-state index >= 15 is 0 Å². The average Bonchev–Trinajstić information content (AvgIpc) is 2.72. The Kier molecular flexibility index (Phi) is 5.36. The topological polar surface area (TPSA) is 81.1 Å². The molecule has 0 unspecified atom stereocenters. The van der Waals surface area contributed by atoms with Crippen molar-refractivity contribution in [2.24, 2.45) is 13.0 Å². The van der Waals surface area contributed by atoms with Crippen molar-refractivity contribution in [1.82, 2.24) is 9.55 Å². The maximum Gasteiger partial charge on any atom is 0.306 e. The Morgan fingerprint density at radius 1 is 1.42 bits per heavy atom. The smallest absolute Gasteiger partial charge is 0.306 e. The lowest BCUT2D eigenvalue weighted by molar-refractivity contribution is -0.141. The minimum Gasteiger partial charge on any atom is -0.481 e. The zero-order chi connectivity index (χ0) is 14.4. The first kappa shape index (κ1) is 15.0. The SMILES string of the molecule is CCC(CC)C(=O)O.Cn1cnc2cc(N)ccc21. The number of nitrogens with two attached hydrogens (primary N) is 1. The molecule has 5 heteroatoms. The maximum absolute atomic E-state index is 10.2. The molecule has 2 aromatic rings. The fourth-order valence-electron chi connectivity index (χ4n) is 1.79. The summed E-state index contributed by atoms with van der Waals surface area (Å²) >= 11 is 0. The molecule has 0 amide bonds. The number of hydrogen-bond acceptors (Lipinski definition) is 3. The molecule has 0 aliphatic rings. The van der Waals surface area contributed by atoms with E-state index < -0.39 is 5.97 Å². The van der Waals surface area contributed by atoms with Gasteiger partial charge in [-0.25, -0.2) is 4.98 Å². The van der Waals surface area contributed by atoms with E-state index in [1.165, 1.54) is 0 Å². The molecule has 0 radical (unpaired) electrons. The molecule has 0 aliphatic heterocycles. The number of nitrogen functional groups attached to an aromatic ring is 1. The third-order valence-electron chi connectivity index (χ3n) is 3.08. The molecule has 1 heterocycles. The summed E-state index contributed by atoms with van der Waals surface area (Å²) in [4.78, 5) is 14.3. The number of aliphatic carboxylic acids is 1. The van der Waals surface area contributed by atoms with E-state index in [1.54, 1.807) is 6.33 Å². The quantitative estimate of drug-likeness (QED) is 0.834. The summed E-state index contributed by atoms with van der Waals surface area (Å²) < 4.78 is 1.97. The van der Waals surface area contributed by atoms with Crippen LogP contribution in [0.1, 0.15) is 26.7 Å². The first-order chi connectivity index (χ1) is 8.99. The van der Waals surface area contributed by atoms with Crippen LogP contribution in [-0.4, -0.2) is 20.6 Å². The van der Waals surface area contributed by atoms with Gasteiger partial charge in [-0.1, -0.05) is 13.8 Å². The van der Waals surface area contributed by atoms with Gasteiger partial charge in [-0.3, -0.25) is 4.79 Å². The van der Waals surface area contributed by atoms with E-state index in [9.17, 15) is 4.79 Å². The fourth-order valence-corrected chi connectivity index (χ4v) is 1.79. The zero-order valence-corrected chi connectivity index (χ0v) is 11.6. The van der Waals surface area contributed by atoms with Gasteiger partial charge in [-0.15, -0.1) is 0 Å². The highest BCUT2D eigenvalue weighted by molar-refractivity contribution is 5.78. The van der Waals surface area contributed by atoms with Gasteiger partial charge in [-0.05, 0) is 31.0 Å². The van der Waals surface area contributed by atoms with Gasteiger partial charge in [0.1, 0.15) is 0 Å². The van der Waals surface area contributed by atoms with Crippen molar-refractivity contribution in [3.8, 4) is 0 Å². The number of fused-ring (bicyclic) bond motifs is 1. The number of carboxylic acids is 1. The normalized spacial score (nSPS) is 10.3. The van der Waals surface area contributed by atoms with Gasteiger partial charge in [0.15, 0.2) is 0 Å². The van der Waals surface area contributed by atoms with Crippen molar-refractivity contribution in [2.75, 3.05) is 5.73 Å². The molecule has 0 saturated heterocycles. The van der Waals surface area contributed by atoms with Crippen LogP contribution in [0.4, 0.5) is 5.69 Å². The number of nitrogens with zero attached hydrogens (tertiary/aromatic N) is 2. The highest BCUT2D eigenvalue weighted by Crippen LogP contribution is 2.14. The number of aromatic nitrogens is 2. The first-order valence-electron chi connectivity index (χ1n) is 6.38. The van der Waals surface area contributed by atoms with Crippen LogP contribution in [0.15, 0.2) is 24.5 Å². The lowest BCUT2D eigenvalue weighted by atomic mass is 10.1. The number of rotatable bonds is 3. The number of carbonyl (C=O) groups is 1. The van der Waals surface area contributed by atoms with Gasteiger partial charge in [0.05, 0.1) is 23.3 Å². The number of imidazole rings is 1. The predicted molar refractivity (Wildman–Crippen MR) is 76.8 cm³/mol. The van der Waals surface area contributed by atoms with Gasteiger partial charge in [-0.2, -0.15) is 0 Å². The second-order valence-electron chi connectivity index (χ2n) is 4.46. The number of benzene rings is 1. The third kappa shape index (κ3) is 3.98. The van der Waals surface area contributed by atoms with Gasteiger partial charge in [0, 0.05) is 12.7 Å². The van der Waals surface area contributed by atoms with E-state index in [1.807, 2.05) is 43.7 Å². The Morgan fingerprint density at radius 2 is 2.05 bits per heavy atom. The third-order valence-corrected chi connectivity index (χ3v) is 3.08. The molecule has 0 atom stereocenters. The monoisotopic (exact) mass is 263 g/mol. The minimum atomic E-state index is -0.671. The number of aryl methyl sites for hydroxylation is 1. The molecule has 0 saturated carbocycles. The standard InChI is InChI=1S/C8H9N3.C6H12O2/c1-11-5-10-7-4-6(9)2-3-8(7)11;1-3-5(4-2)6(7)8/h2-5H,9H2,1H3;5H,3-4H2,1-2H3,(H,7,8). The lowest BCUT2D eigenvalue weighted by Crippen LogP contribution is -2.10. The highest BCUT2D eigenvalue weighted by Gasteiger charge is 2.10. The van der Waals surface area contributed by atoms with Crippen molar-refractivity contribution in [3.05, 3.63) is 24.5 Å². The summed E-state index contributed by atoms with van der Waals surface area (Å²) in [7, 11) is 1.96. The van der Waals surface area contributed by atoms with Crippen molar-refractivity contribution >= 4 is 22.7 Å². The second-order valence-corrected chi connectivity index (χ2v) is 4.46. The van der Waals surface area contributed by atoms with Crippen molar-refractivity contribution in [3.63, 3.8) is 0 Å². The summed E-state index contributed by atoms with van der Waals surface area (Å²) in [5.41, 5.74) is 8.41. The molecule has 3 N–H and O–H groups in total. The van der Waals surface area contributed by atoms with Crippen LogP contribution in [-0.2, 0) is 11.8 Å². The molecule has 0 fully saturated rings. The summed E-state index contributed by atoms with van der Waals surface area (Å²) in [5.74, 6) is -0.801. The Bertz CT molecular complexity index is 545. The molecule has 0 aliphatic carbocycles. The van der Waals surface area contributed by atoms with Crippen molar-refractivity contribution < 1.29 is 9.90 Å². The van der Waals surface area contributed by atoms with Crippen LogP contribution in [0.25, 0.3) is 11.0 Å². The molecule has 1 aromatic carbocycles. The van der Waals surface area contributed by atoms with Crippen LogP contribution in [0.2, 0.25) is 0 Å². The van der Waals surface area contributed by atoms with Gasteiger partial charge >= 0.3 is 5.97 Å². The molecule has 19 heavy (non-hydrogen) atoms. The predicted octanol–water partition coefficient (Wildman–Crippen LogP) is 2.66. The van der Waals surface area contributed by atoms with Crippen molar-refractivity contribution in [1.29, 1.82) is 0 Å². The second kappa shape index (κ2) is 6.78. The molecule has 5 nitrogen and oxygen atoms in total. The molecular formula is C14H21N3O2. The van der Waals surface area contributed by atoms with E-state index in [0.717, 1.165) is 29.6 Å². The van der Waals surface area contributed by atoms with E-state index in [0.29, 0.717) is 0 Å². The van der Waals surface area contributed by atoms with Crippen molar-refractivity contribution in [2.45, 2.75) is 26.7 Å². The fraction of sp³-hybridized carbons (Fsp3) is 0.429. The van der Waals surface area contributed by atoms with Crippen LogP contribution in [0.3, 0.4) is 0 Å². The van der Waals surface area contributed by atoms with E-state index in [2.05, 4.69) is 4.98 Å². The Labute approximate surface area is 113 Å². The van der Waals surface area contributed by atoms with Gasteiger partial charge < -0.3 is 15.4 Å². The molecule has 2 rings (SSSR count). The molecule has 0 spiro atoms. The van der Waals surface area contributed by atoms with Crippen LogP contribution >= 0.6 is 0 Å².